The SMILES string of the molecule is COC(=O)NC[C@]1(CCC(=O)O)CC[C@@H](C)C1. The van der Waals surface area contributed by atoms with Gasteiger partial charge in [0.1, 0.15) is 0 Å². The summed E-state index contributed by atoms with van der Waals surface area (Å²) in [6.45, 7) is 2.68. The highest BCUT2D eigenvalue weighted by molar-refractivity contribution is 5.67. The minimum atomic E-state index is -0.776. The second-order valence-electron chi connectivity index (χ2n) is 5.09. The number of hydrogen-bond acceptors (Lipinski definition) is 3. The second kappa shape index (κ2) is 5.89. The van der Waals surface area contributed by atoms with Gasteiger partial charge in [0.15, 0.2) is 0 Å². The molecule has 0 saturated heterocycles. The molecule has 1 rings (SSSR count). The summed E-state index contributed by atoms with van der Waals surface area (Å²) >= 11 is 0. The van der Waals surface area contributed by atoms with Crippen LogP contribution in [-0.4, -0.2) is 30.8 Å². The number of methoxy groups -OCH3 is 1. The normalized spacial score (nSPS) is 27.8. The number of alkyl carbamates (subject to hydrolysis) is 1. The Bertz CT molecular complexity index is 292. The number of carboxylic acids is 1. The molecule has 1 fully saturated rings. The Morgan fingerprint density at radius 1 is 1.53 bits per heavy atom. The summed E-state index contributed by atoms with van der Waals surface area (Å²) in [5, 5.41) is 11.5. The van der Waals surface area contributed by atoms with Crippen LogP contribution < -0.4 is 5.32 Å². The van der Waals surface area contributed by atoms with Crippen LogP contribution in [0.15, 0.2) is 0 Å². The zero-order valence-corrected chi connectivity index (χ0v) is 10.5. The van der Waals surface area contributed by atoms with Crippen LogP contribution >= 0.6 is 0 Å². The van der Waals surface area contributed by atoms with Crippen molar-refractivity contribution in [2.75, 3.05) is 13.7 Å². The minimum Gasteiger partial charge on any atom is -0.481 e. The second-order valence-corrected chi connectivity index (χ2v) is 5.09. The summed E-state index contributed by atoms with van der Waals surface area (Å²) in [6, 6.07) is 0. The van der Waals surface area contributed by atoms with Gasteiger partial charge < -0.3 is 15.2 Å². The molecule has 1 aliphatic rings. The van der Waals surface area contributed by atoms with Gasteiger partial charge in [-0.25, -0.2) is 4.79 Å². The average Bonchev–Trinajstić information content (AvgIpc) is 2.66. The fourth-order valence-corrected chi connectivity index (χ4v) is 2.68. The maximum atomic E-state index is 11.1. The van der Waals surface area contributed by atoms with Crippen LogP contribution in [0.2, 0.25) is 0 Å². The largest absolute Gasteiger partial charge is 0.481 e. The molecule has 1 aliphatic carbocycles. The van der Waals surface area contributed by atoms with Crippen molar-refractivity contribution in [2.24, 2.45) is 11.3 Å². The van der Waals surface area contributed by atoms with E-state index < -0.39 is 12.1 Å². The predicted octanol–water partition coefficient (Wildman–Crippen LogP) is 2.01. The van der Waals surface area contributed by atoms with Crippen molar-refractivity contribution in [2.45, 2.75) is 39.0 Å². The molecule has 0 aromatic heterocycles. The molecule has 17 heavy (non-hydrogen) atoms. The fraction of sp³-hybridized carbons (Fsp3) is 0.833. The van der Waals surface area contributed by atoms with Crippen molar-refractivity contribution in [3.8, 4) is 0 Å². The Hall–Kier alpha value is -1.26. The van der Waals surface area contributed by atoms with Crippen LogP contribution in [0.1, 0.15) is 39.0 Å². The van der Waals surface area contributed by atoms with Gasteiger partial charge in [-0.1, -0.05) is 13.3 Å². The number of carbonyl (C=O) groups is 2. The molecular weight excluding hydrogens is 222 g/mol. The number of amides is 1. The average molecular weight is 243 g/mol. The lowest BCUT2D eigenvalue weighted by Gasteiger charge is -2.28. The van der Waals surface area contributed by atoms with Crippen molar-refractivity contribution in [1.82, 2.24) is 5.32 Å². The molecule has 0 aromatic rings. The van der Waals surface area contributed by atoms with E-state index in [9.17, 15) is 9.59 Å². The lowest BCUT2D eigenvalue weighted by Crippen LogP contribution is -2.36. The topological polar surface area (TPSA) is 75.6 Å². The molecule has 1 amide bonds. The highest BCUT2D eigenvalue weighted by Crippen LogP contribution is 2.44. The first-order chi connectivity index (χ1) is 7.97. The maximum Gasteiger partial charge on any atom is 0.406 e. The number of ether oxygens (including phenoxy) is 1. The third-order valence-electron chi connectivity index (χ3n) is 3.61. The molecule has 2 atom stereocenters. The summed E-state index contributed by atoms with van der Waals surface area (Å²) in [4.78, 5) is 21.7. The minimum absolute atomic E-state index is 0.0635. The van der Waals surface area contributed by atoms with Crippen LogP contribution in [0.25, 0.3) is 0 Å². The van der Waals surface area contributed by atoms with Gasteiger partial charge in [-0.15, -0.1) is 0 Å². The van der Waals surface area contributed by atoms with Crippen molar-refractivity contribution in [3.63, 3.8) is 0 Å². The number of carbonyl (C=O) groups excluding carboxylic acids is 1. The summed E-state index contributed by atoms with van der Waals surface area (Å²) in [5.41, 5.74) is -0.0635. The van der Waals surface area contributed by atoms with E-state index >= 15 is 0 Å². The van der Waals surface area contributed by atoms with Gasteiger partial charge in [0.2, 0.25) is 0 Å². The number of aliphatic carboxylic acids is 1. The van der Waals surface area contributed by atoms with Crippen molar-refractivity contribution in [1.29, 1.82) is 0 Å². The van der Waals surface area contributed by atoms with Crippen LogP contribution in [-0.2, 0) is 9.53 Å². The number of hydrogen-bond donors (Lipinski definition) is 2. The lowest BCUT2D eigenvalue weighted by molar-refractivity contribution is -0.137. The Balaban J connectivity index is 2.53. The van der Waals surface area contributed by atoms with Crippen LogP contribution in [0.5, 0.6) is 0 Å². The van der Waals surface area contributed by atoms with Gasteiger partial charge in [-0.05, 0) is 30.6 Å². The predicted molar refractivity (Wildman–Crippen MR) is 62.7 cm³/mol. The third-order valence-corrected chi connectivity index (χ3v) is 3.61. The standard InChI is InChI=1S/C12H21NO4/c1-9-3-5-12(7-9,6-4-10(14)15)8-13-11(16)17-2/h9H,3-8H2,1-2H3,(H,13,16)(H,14,15)/t9-,12+/m1/s1. The summed E-state index contributed by atoms with van der Waals surface area (Å²) < 4.78 is 4.54. The van der Waals surface area contributed by atoms with Gasteiger partial charge in [0, 0.05) is 13.0 Å². The molecular formula is C12H21NO4. The van der Waals surface area contributed by atoms with Crippen molar-refractivity contribution >= 4 is 12.1 Å². The first kappa shape index (κ1) is 13.8. The van der Waals surface area contributed by atoms with E-state index in [1.807, 2.05) is 0 Å². The van der Waals surface area contributed by atoms with E-state index in [0.717, 1.165) is 19.3 Å². The smallest absolute Gasteiger partial charge is 0.406 e. The van der Waals surface area contributed by atoms with Crippen LogP contribution in [0.4, 0.5) is 4.79 Å². The van der Waals surface area contributed by atoms with Gasteiger partial charge in [-0.3, -0.25) is 4.79 Å². The zero-order valence-electron chi connectivity index (χ0n) is 10.5. The Morgan fingerprint density at radius 3 is 2.71 bits per heavy atom. The van der Waals surface area contributed by atoms with E-state index in [0.29, 0.717) is 18.9 Å². The highest BCUT2D eigenvalue weighted by Gasteiger charge is 2.37. The van der Waals surface area contributed by atoms with E-state index in [4.69, 9.17) is 5.11 Å². The molecule has 0 bridgehead atoms. The Kier molecular flexibility index (Phi) is 4.78. The van der Waals surface area contributed by atoms with Gasteiger partial charge in [0.25, 0.3) is 0 Å². The van der Waals surface area contributed by atoms with Crippen molar-refractivity contribution < 1.29 is 19.4 Å². The molecule has 0 aliphatic heterocycles. The molecule has 5 heteroatoms. The van der Waals surface area contributed by atoms with Crippen molar-refractivity contribution in [3.05, 3.63) is 0 Å². The number of carboxylic acid groups (broad SMARTS) is 1. The van der Waals surface area contributed by atoms with E-state index in [1.54, 1.807) is 0 Å². The highest BCUT2D eigenvalue weighted by atomic mass is 16.5. The van der Waals surface area contributed by atoms with Crippen LogP contribution in [0.3, 0.4) is 0 Å². The Morgan fingerprint density at radius 2 is 2.24 bits per heavy atom. The molecule has 2 N–H and O–H groups in total. The summed E-state index contributed by atoms with van der Waals surface area (Å²) in [6.07, 6.45) is 3.39. The maximum absolute atomic E-state index is 11.1. The molecule has 0 spiro atoms. The molecule has 0 aromatic carbocycles. The molecule has 0 radical (unpaired) electrons. The van der Waals surface area contributed by atoms with Gasteiger partial charge in [0.05, 0.1) is 7.11 Å². The molecule has 0 heterocycles. The molecule has 0 unspecified atom stereocenters. The monoisotopic (exact) mass is 243 g/mol. The summed E-state index contributed by atoms with van der Waals surface area (Å²) in [5.74, 6) is -0.176. The first-order valence-electron chi connectivity index (χ1n) is 6.01. The zero-order chi connectivity index (χ0) is 12.9. The summed E-state index contributed by atoms with van der Waals surface area (Å²) in [7, 11) is 1.33. The molecule has 5 nitrogen and oxygen atoms in total. The number of nitrogens with one attached hydrogen (secondary N) is 1. The molecule has 98 valence electrons. The van der Waals surface area contributed by atoms with E-state index in [1.165, 1.54) is 7.11 Å². The van der Waals surface area contributed by atoms with Gasteiger partial charge in [-0.2, -0.15) is 0 Å². The van der Waals surface area contributed by atoms with E-state index in [2.05, 4.69) is 17.0 Å². The lowest BCUT2D eigenvalue weighted by atomic mass is 9.80. The van der Waals surface area contributed by atoms with Crippen LogP contribution in [0, 0.1) is 11.3 Å². The Labute approximate surface area is 102 Å². The number of rotatable bonds is 5. The van der Waals surface area contributed by atoms with E-state index in [-0.39, 0.29) is 11.8 Å². The quantitative estimate of drug-likeness (QED) is 0.774. The fourth-order valence-electron chi connectivity index (χ4n) is 2.68. The third kappa shape index (κ3) is 4.24. The molecule has 1 saturated carbocycles. The van der Waals surface area contributed by atoms with Gasteiger partial charge >= 0.3 is 12.1 Å². The first-order valence-corrected chi connectivity index (χ1v) is 6.01.